The molecule has 0 aromatic carbocycles. The number of aliphatic carboxylic acids is 1. The number of rotatable bonds is 3. The Morgan fingerprint density at radius 3 is 2.73 bits per heavy atom. The topological polar surface area (TPSA) is 40.5 Å². The second-order valence-electron chi connectivity index (χ2n) is 6.18. The maximum atomic E-state index is 13.0. The molecule has 1 saturated carbocycles. The number of thiophene rings is 1. The Bertz CT molecular complexity index is 557. The van der Waals surface area contributed by atoms with Crippen molar-refractivity contribution >= 4 is 17.3 Å². The molecule has 22 heavy (non-hydrogen) atoms. The number of hydrogen-bond donors (Lipinski definition) is 1. The van der Waals surface area contributed by atoms with Gasteiger partial charge in [0.05, 0.1) is 5.56 Å². The van der Waals surface area contributed by atoms with Crippen LogP contribution in [-0.2, 0) is 17.5 Å². The minimum atomic E-state index is -4.38. The third-order valence-corrected chi connectivity index (χ3v) is 5.70. The van der Waals surface area contributed by atoms with Crippen molar-refractivity contribution in [1.29, 1.82) is 0 Å². The molecule has 1 saturated heterocycles. The number of carboxylic acids is 1. The molecule has 0 bridgehead atoms. The zero-order valence-corrected chi connectivity index (χ0v) is 12.8. The first kappa shape index (κ1) is 15.8. The van der Waals surface area contributed by atoms with Gasteiger partial charge in [0.1, 0.15) is 6.04 Å². The second kappa shape index (κ2) is 5.85. The molecule has 3 unspecified atom stereocenters. The molecule has 7 heteroatoms. The number of nitrogens with zero attached hydrogens (tertiary/aromatic N) is 1. The monoisotopic (exact) mass is 333 g/mol. The van der Waals surface area contributed by atoms with Crippen molar-refractivity contribution in [3.63, 3.8) is 0 Å². The van der Waals surface area contributed by atoms with Gasteiger partial charge in [0.15, 0.2) is 0 Å². The third-order valence-electron chi connectivity index (χ3n) is 4.91. The lowest BCUT2D eigenvalue weighted by atomic mass is 9.84. The van der Waals surface area contributed by atoms with Gasteiger partial charge in [0, 0.05) is 18.0 Å². The van der Waals surface area contributed by atoms with Crippen LogP contribution in [0.1, 0.15) is 43.2 Å². The zero-order valence-electron chi connectivity index (χ0n) is 12.0. The Hall–Kier alpha value is -1.08. The minimum absolute atomic E-state index is 0.0798. The molecule has 0 radical (unpaired) electrons. The molecule has 3 nitrogen and oxygen atoms in total. The highest BCUT2D eigenvalue weighted by Crippen LogP contribution is 2.42. The van der Waals surface area contributed by atoms with E-state index in [9.17, 15) is 23.1 Å². The molecule has 2 fully saturated rings. The molecule has 3 rings (SSSR count). The van der Waals surface area contributed by atoms with E-state index in [1.165, 1.54) is 5.38 Å². The van der Waals surface area contributed by atoms with Crippen molar-refractivity contribution in [2.75, 3.05) is 0 Å². The van der Waals surface area contributed by atoms with Gasteiger partial charge in [-0.2, -0.15) is 24.5 Å². The summed E-state index contributed by atoms with van der Waals surface area (Å²) < 4.78 is 39.0. The largest absolute Gasteiger partial charge is 0.480 e. The number of hydrogen-bond acceptors (Lipinski definition) is 3. The first-order valence-corrected chi connectivity index (χ1v) is 8.43. The van der Waals surface area contributed by atoms with E-state index in [-0.39, 0.29) is 18.2 Å². The number of carboxylic acid groups (broad SMARTS) is 1. The molecule has 1 aromatic heterocycles. The second-order valence-corrected chi connectivity index (χ2v) is 6.93. The highest BCUT2D eigenvalue weighted by molar-refractivity contribution is 7.08. The van der Waals surface area contributed by atoms with Crippen LogP contribution in [0, 0.1) is 5.92 Å². The molecule has 1 N–H and O–H groups in total. The lowest BCUT2D eigenvalue weighted by Gasteiger charge is -2.33. The van der Waals surface area contributed by atoms with Crippen molar-refractivity contribution in [3.05, 3.63) is 21.9 Å². The summed E-state index contributed by atoms with van der Waals surface area (Å²) >= 11 is 1.02. The van der Waals surface area contributed by atoms with Crippen molar-refractivity contribution < 1.29 is 23.1 Å². The maximum absolute atomic E-state index is 13.0. The molecule has 0 spiro atoms. The summed E-state index contributed by atoms with van der Waals surface area (Å²) in [5.74, 6) is -0.610. The van der Waals surface area contributed by atoms with Gasteiger partial charge in [0.2, 0.25) is 0 Å². The zero-order chi connectivity index (χ0) is 15.9. The van der Waals surface area contributed by atoms with E-state index >= 15 is 0 Å². The molecule has 2 aliphatic rings. The predicted octanol–water partition coefficient (Wildman–Crippen LogP) is 3.98. The number of alkyl halides is 3. The van der Waals surface area contributed by atoms with Crippen LogP contribution < -0.4 is 0 Å². The number of halogens is 3. The van der Waals surface area contributed by atoms with Crippen LogP contribution in [0.25, 0.3) is 0 Å². The summed E-state index contributed by atoms with van der Waals surface area (Å²) in [6.07, 6.45) is 0.180. The Labute approximate surface area is 130 Å². The van der Waals surface area contributed by atoms with Crippen LogP contribution in [0.5, 0.6) is 0 Å². The van der Waals surface area contributed by atoms with Crippen molar-refractivity contribution in [1.82, 2.24) is 4.90 Å². The smallest absolute Gasteiger partial charge is 0.417 e. The summed E-state index contributed by atoms with van der Waals surface area (Å²) in [7, 11) is 0. The Balaban J connectivity index is 1.85. The molecule has 1 aliphatic carbocycles. The first-order chi connectivity index (χ1) is 10.4. The molecule has 2 heterocycles. The van der Waals surface area contributed by atoms with E-state index in [4.69, 9.17) is 0 Å². The van der Waals surface area contributed by atoms with E-state index in [0.29, 0.717) is 12.3 Å². The van der Waals surface area contributed by atoms with E-state index in [0.717, 1.165) is 42.4 Å². The fourth-order valence-electron chi connectivity index (χ4n) is 3.91. The van der Waals surface area contributed by atoms with Crippen molar-refractivity contribution in [2.24, 2.45) is 5.92 Å². The minimum Gasteiger partial charge on any atom is -0.480 e. The summed E-state index contributed by atoms with van der Waals surface area (Å²) in [6, 6.07) is -0.551. The molecule has 1 aliphatic heterocycles. The molecular formula is C15H18F3NO2S. The van der Waals surface area contributed by atoms with Crippen LogP contribution in [0.4, 0.5) is 13.2 Å². The summed E-state index contributed by atoms with van der Waals surface area (Å²) in [4.78, 5) is 13.3. The maximum Gasteiger partial charge on any atom is 0.417 e. The normalized spacial score (nSPS) is 29.5. The van der Waals surface area contributed by atoms with E-state index in [1.807, 2.05) is 0 Å². The highest BCUT2D eigenvalue weighted by Gasteiger charge is 2.46. The number of likely N-dealkylation sites (tertiary alicyclic amines) is 1. The summed E-state index contributed by atoms with van der Waals surface area (Å²) in [5, 5.41) is 12.0. The van der Waals surface area contributed by atoms with Gasteiger partial charge in [-0.3, -0.25) is 9.69 Å². The molecule has 0 amide bonds. The van der Waals surface area contributed by atoms with Gasteiger partial charge >= 0.3 is 12.1 Å². The van der Waals surface area contributed by atoms with Crippen LogP contribution in [-0.4, -0.2) is 28.1 Å². The van der Waals surface area contributed by atoms with Crippen LogP contribution in [0.15, 0.2) is 10.8 Å². The van der Waals surface area contributed by atoms with Gasteiger partial charge in [-0.05, 0) is 36.1 Å². The summed E-state index contributed by atoms with van der Waals surface area (Å²) in [6.45, 7) is 0.0798. The van der Waals surface area contributed by atoms with Crippen molar-refractivity contribution in [2.45, 2.75) is 56.9 Å². The van der Waals surface area contributed by atoms with Crippen LogP contribution in [0.2, 0.25) is 0 Å². The third kappa shape index (κ3) is 2.88. The van der Waals surface area contributed by atoms with Crippen LogP contribution >= 0.6 is 11.3 Å². The lowest BCUT2D eigenvalue weighted by molar-refractivity contribution is -0.143. The Morgan fingerprint density at radius 2 is 2.05 bits per heavy atom. The number of fused-ring (bicyclic) bond motifs is 1. The lowest BCUT2D eigenvalue weighted by Crippen LogP contribution is -2.41. The molecule has 3 atom stereocenters. The predicted molar refractivity (Wildman–Crippen MR) is 76.7 cm³/mol. The van der Waals surface area contributed by atoms with E-state index in [2.05, 4.69) is 0 Å². The SMILES string of the molecule is O=C(O)C1CC2CCCCC2N1Cc1cscc1C(F)(F)F. The fraction of sp³-hybridized carbons (Fsp3) is 0.667. The molecule has 1 aromatic rings. The van der Waals surface area contributed by atoms with Gasteiger partial charge < -0.3 is 5.11 Å². The van der Waals surface area contributed by atoms with Crippen molar-refractivity contribution in [3.8, 4) is 0 Å². The van der Waals surface area contributed by atoms with Crippen LogP contribution in [0.3, 0.4) is 0 Å². The quantitative estimate of drug-likeness (QED) is 0.909. The van der Waals surface area contributed by atoms with E-state index < -0.39 is 23.8 Å². The Kier molecular flexibility index (Phi) is 4.20. The van der Waals surface area contributed by atoms with Gasteiger partial charge in [-0.25, -0.2) is 0 Å². The summed E-state index contributed by atoms with van der Waals surface area (Å²) in [5.41, 5.74) is -0.420. The molecular weight excluding hydrogens is 315 g/mol. The van der Waals surface area contributed by atoms with Gasteiger partial charge in [0.25, 0.3) is 0 Å². The Morgan fingerprint density at radius 1 is 1.32 bits per heavy atom. The molecule has 122 valence electrons. The standard InChI is InChI=1S/C15H18F3NO2S/c16-15(17,18)11-8-22-7-10(11)6-19-12-4-2-1-3-9(12)5-13(19)14(20)21/h7-9,12-13H,1-6H2,(H,20,21). The average Bonchev–Trinajstić information content (AvgIpc) is 3.04. The van der Waals surface area contributed by atoms with Gasteiger partial charge in [-0.15, -0.1) is 0 Å². The number of carbonyl (C=O) groups is 1. The first-order valence-electron chi connectivity index (χ1n) is 7.48. The fourth-order valence-corrected chi connectivity index (χ4v) is 4.77. The van der Waals surface area contributed by atoms with Gasteiger partial charge in [-0.1, -0.05) is 12.8 Å². The highest BCUT2D eigenvalue weighted by atomic mass is 32.1. The van der Waals surface area contributed by atoms with E-state index in [1.54, 1.807) is 4.90 Å². The average molecular weight is 333 g/mol.